The Morgan fingerprint density at radius 3 is 1.29 bits per heavy atom. The standard InChI is InChI=1S/C64H117NO13/c1-3-5-7-9-11-13-15-17-19-21-23-24-25-26-27-28-30-32-34-36-38-40-42-44-46-48-56(69)65-52(53(68)47-45-43-41-39-37-35-33-31-29-22-20-18-16-14-12-10-8-6-4-2)51-75-63-61(74)59(72)62(55(50-67)77-63)78-64-60(73)58(71)57(70)54(49-66)76-64/h15,17,21,23,25-26,45,47,52-55,57-64,66-68,70-74H,3-14,16,18-20,22,24,27-44,46,48-51H2,1-2H3,(H,65,69)/b17-15-,23-21-,26-25-,47-45+. The lowest BCUT2D eigenvalue weighted by Crippen LogP contribution is -2.65. The van der Waals surface area contributed by atoms with Crippen molar-refractivity contribution >= 4 is 5.91 Å². The minimum atomic E-state index is -1.79. The summed E-state index contributed by atoms with van der Waals surface area (Å²) in [6.07, 6.45) is 45.7. The van der Waals surface area contributed by atoms with Crippen molar-refractivity contribution in [3.05, 3.63) is 48.6 Å². The summed E-state index contributed by atoms with van der Waals surface area (Å²) in [7, 11) is 0. The van der Waals surface area contributed by atoms with E-state index in [0.29, 0.717) is 6.42 Å². The molecule has 0 spiro atoms. The molecule has 12 unspecified atom stereocenters. The fourth-order valence-corrected chi connectivity index (χ4v) is 10.4. The molecule has 456 valence electrons. The molecule has 2 aliphatic heterocycles. The molecule has 0 radical (unpaired) electrons. The van der Waals surface area contributed by atoms with Gasteiger partial charge in [0.15, 0.2) is 12.6 Å². The number of hydrogen-bond donors (Lipinski definition) is 9. The molecule has 2 rings (SSSR count). The zero-order valence-corrected chi connectivity index (χ0v) is 49.2. The van der Waals surface area contributed by atoms with Gasteiger partial charge in [0.05, 0.1) is 32.0 Å². The number of nitrogens with one attached hydrogen (secondary N) is 1. The van der Waals surface area contributed by atoms with Gasteiger partial charge in [-0.15, -0.1) is 0 Å². The van der Waals surface area contributed by atoms with E-state index in [9.17, 15) is 45.6 Å². The van der Waals surface area contributed by atoms with E-state index >= 15 is 0 Å². The Morgan fingerprint density at radius 1 is 0.462 bits per heavy atom. The van der Waals surface area contributed by atoms with Gasteiger partial charge >= 0.3 is 0 Å². The molecule has 0 saturated carbocycles. The molecule has 14 nitrogen and oxygen atoms in total. The second-order valence-electron chi connectivity index (χ2n) is 22.5. The third-order valence-electron chi connectivity index (χ3n) is 15.5. The monoisotopic (exact) mass is 1110 g/mol. The molecule has 9 N–H and O–H groups in total. The van der Waals surface area contributed by atoms with E-state index in [4.69, 9.17) is 18.9 Å². The van der Waals surface area contributed by atoms with Crippen LogP contribution in [0.25, 0.3) is 0 Å². The predicted molar refractivity (Wildman–Crippen MR) is 314 cm³/mol. The van der Waals surface area contributed by atoms with Crippen molar-refractivity contribution in [1.82, 2.24) is 5.32 Å². The van der Waals surface area contributed by atoms with Crippen molar-refractivity contribution in [2.24, 2.45) is 0 Å². The number of carbonyl (C=O) groups is 1. The third kappa shape index (κ3) is 34.4. The van der Waals surface area contributed by atoms with E-state index in [0.717, 1.165) is 57.8 Å². The fraction of sp³-hybridized carbons (Fsp3) is 0.859. The SMILES string of the molecule is CCCCCCC/C=C\C/C=C\C/C=C\CCCCCCCCCCCCC(=O)NC(COC1OC(CO)C(OC2OC(CO)C(O)C(O)C2O)C(O)C1O)C(O)/C=C/CCCCCCCCCCCCCCCCCCC. The van der Waals surface area contributed by atoms with Gasteiger partial charge in [0.2, 0.25) is 5.91 Å². The smallest absolute Gasteiger partial charge is 0.220 e. The van der Waals surface area contributed by atoms with E-state index in [-0.39, 0.29) is 18.9 Å². The average molecular weight is 1110 g/mol. The lowest BCUT2D eigenvalue weighted by atomic mass is 9.97. The number of carbonyl (C=O) groups excluding carboxylic acids is 1. The Hall–Kier alpha value is -2.05. The molecule has 2 fully saturated rings. The summed E-state index contributed by atoms with van der Waals surface area (Å²) in [5.74, 6) is -0.242. The molecule has 78 heavy (non-hydrogen) atoms. The van der Waals surface area contributed by atoms with Crippen LogP contribution in [0.2, 0.25) is 0 Å². The first-order chi connectivity index (χ1) is 38.1. The van der Waals surface area contributed by atoms with Crippen LogP contribution in [0.1, 0.15) is 258 Å². The van der Waals surface area contributed by atoms with Crippen LogP contribution in [0, 0.1) is 0 Å². The van der Waals surface area contributed by atoms with Crippen molar-refractivity contribution in [2.75, 3.05) is 19.8 Å². The number of aliphatic hydroxyl groups is 8. The lowest BCUT2D eigenvalue weighted by molar-refractivity contribution is -0.359. The summed E-state index contributed by atoms with van der Waals surface area (Å²) >= 11 is 0. The van der Waals surface area contributed by atoms with Crippen LogP contribution in [-0.2, 0) is 23.7 Å². The topological polar surface area (TPSA) is 228 Å². The number of hydrogen-bond acceptors (Lipinski definition) is 13. The zero-order valence-electron chi connectivity index (χ0n) is 49.2. The molecule has 0 aromatic heterocycles. The Labute approximate surface area is 473 Å². The van der Waals surface area contributed by atoms with E-state index in [1.165, 1.54) is 173 Å². The molecule has 2 aliphatic rings. The summed E-state index contributed by atoms with van der Waals surface area (Å²) < 4.78 is 22.8. The largest absolute Gasteiger partial charge is 0.394 e. The molecule has 0 aromatic rings. The molecule has 0 aliphatic carbocycles. The highest BCUT2D eigenvalue weighted by molar-refractivity contribution is 5.76. The molecule has 0 bridgehead atoms. The summed E-state index contributed by atoms with van der Waals surface area (Å²) in [6, 6.07) is -0.918. The fourth-order valence-electron chi connectivity index (χ4n) is 10.4. The van der Waals surface area contributed by atoms with Crippen LogP contribution in [0.3, 0.4) is 0 Å². The molecular weight excluding hydrogens is 991 g/mol. The average Bonchev–Trinajstić information content (AvgIpc) is 3.44. The first-order valence-electron chi connectivity index (χ1n) is 31.9. The number of rotatable bonds is 51. The Morgan fingerprint density at radius 2 is 0.846 bits per heavy atom. The molecule has 2 heterocycles. The second-order valence-corrected chi connectivity index (χ2v) is 22.5. The van der Waals surface area contributed by atoms with Crippen LogP contribution in [0.4, 0.5) is 0 Å². The summed E-state index contributed by atoms with van der Waals surface area (Å²) in [6.45, 7) is 2.80. The summed E-state index contributed by atoms with van der Waals surface area (Å²) in [5.41, 5.74) is 0. The van der Waals surface area contributed by atoms with E-state index in [1.54, 1.807) is 6.08 Å². The normalized spacial score (nSPS) is 24.8. The number of allylic oxidation sites excluding steroid dienone is 7. The van der Waals surface area contributed by atoms with Crippen LogP contribution in [0.15, 0.2) is 48.6 Å². The maximum Gasteiger partial charge on any atom is 0.220 e. The van der Waals surface area contributed by atoms with Crippen molar-refractivity contribution in [3.8, 4) is 0 Å². The molecule has 1 amide bonds. The molecule has 0 aromatic carbocycles. The highest BCUT2D eigenvalue weighted by Gasteiger charge is 2.51. The quantitative estimate of drug-likeness (QED) is 0.0204. The molecule has 2 saturated heterocycles. The molecular formula is C64H117NO13. The van der Waals surface area contributed by atoms with Crippen molar-refractivity contribution in [3.63, 3.8) is 0 Å². The van der Waals surface area contributed by atoms with Gasteiger partial charge in [0.1, 0.15) is 48.8 Å². The van der Waals surface area contributed by atoms with Crippen molar-refractivity contribution in [2.45, 2.75) is 331 Å². The first-order valence-corrected chi connectivity index (χ1v) is 31.9. The maximum atomic E-state index is 13.3. The van der Waals surface area contributed by atoms with Gasteiger partial charge in [-0.05, 0) is 57.8 Å². The van der Waals surface area contributed by atoms with Gasteiger partial charge in [-0.3, -0.25) is 4.79 Å². The molecule has 12 atom stereocenters. The van der Waals surface area contributed by atoms with Gasteiger partial charge in [0, 0.05) is 6.42 Å². The predicted octanol–water partition coefficient (Wildman–Crippen LogP) is 11.6. The zero-order chi connectivity index (χ0) is 56.7. The second kappa shape index (κ2) is 49.5. The minimum absolute atomic E-state index is 0.242. The van der Waals surface area contributed by atoms with Gasteiger partial charge in [0.25, 0.3) is 0 Å². The number of amides is 1. The Kier molecular flexibility index (Phi) is 45.8. The first kappa shape index (κ1) is 72.1. The highest BCUT2D eigenvalue weighted by atomic mass is 16.7. The highest BCUT2D eigenvalue weighted by Crippen LogP contribution is 2.30. The van der Waals surface area contributed by atoms with E-state index in [2.05, 4.69) is 55.6 Å². The lowest BCUT2D eigenvalue weighted by Gasteiger charge is -2.46. The van der Waals surface area contributed by atoms with Crippen molar-refractivity contribution < 1.29 is 64.6 Å². The number of ether oxygens (including phenoxy) is 4. The maximum absolute atomic E-state index is 13.3. The third-order valence-corrected chi connectivity index (χ3v) is 15.5. The summed E-state index contributed by atoms with van der Waals surface area (Å²) in [5, 5.41) is 87.2. The Bertz CT molecular complexity index is 1490. The Balaban J connectivity index is 1.74. The van der Waals surface area contributed by atoms with Gasteiger partial charge < -0.3 is 65.1 Å². The van der Waals surface area contributed by atoms with Crippen LogP contribution < -0.4 is 5.32 Å². The van der Waals surface area contributed by atoms with E-state index in [1.807, 2.05) is 6.08 Å². The number of aliphatic hydroxyl groups excluding tert-OH is 8. The van der Waals surface area contributed by atoms with E-state index < -0.39 is 86.8 Å². The molecule has 14 heteroatoms. The number of unbranched alkanes of at least 4 members (excludes halogenated alkanes) is 32. The van der Waals surface area contributed by atoms with Gasteiger partial charge in [-0.2, -0.15) is 0 Å². The van der Waals surface area contributed by atoms with Gasteiger partial charge in [-0.25, -0.2) is 0 Å². The summed E-state index contributed by atoms with van der Waals surface area (Å²) in [4.78, 5) is 13.3. The van der Waals surface area contributed by atoms with Crippen LogP contribution >= 0.6 is 0 Å². The van der Waals surface area contributed by atoms with Crippen molar-refractivity contribution in [1.29, 1.82) is 0 Å². The van der Waals surface area contributed by atoms with Crippen LogP contribution in [-0.4, -0.2) is 140 Å². The van der Waals surface area contributed by atoms with Crippen LogP contribution in [0.5, 0.6) is 0 Å². The minimum Gasteiger partial charge on any atom is -0.394 e. The van der Waals surface area contributed by atoms with Gasteiger partial charge in [-0.1, -0.05) is 242 Å².